The van der Waals surface area contributed by atoms with Crippen molar-refractivity contribution in [2.24, 2.45) is 0 Å². The Morgan fingerprint density at radius 3 is 2.60 bits per heavy atom. The lowest BCUT2D eigenvalue weighted by Gasteiger charge is -2.09. The largest absolute Gasteiger partial charge is 0.478 e. The van der Waals surface area contributed by atoms with Gasteiger partial charge in [0, 0.05) is 29.7 Å². The van der Waals surface area contributed by atoms with Crippen LogP contribution in [0.4, 0.5) is 0 Å². The molecule has 0 saturated carbocycles. The third-order valence-corrected chi connectivity index (χ3v) is 3.74. The molecule has 1 heterocycles. The molecule has 0 radical (unpaired) electrons. The highest BCUT2D eigenvalue weighted by Gasteiger charge is 2.17. The first kappa shape index (κ1) is 14.6. The van der Waals surface area contributed by atoms with Gasteiger partial charge in [-0.3, -0.25) is 0 Å². The predicted octanol–water partition coefficient (Wildman–Crippen LogP) is 3.15. The fraction of sp³-hybridized carbons (Fsp3) is 0.438. The first-order valence-electron chi connectivity index (χ1n) is 6.94. The molecule has 0 aliphatic rings. The average molecular weight is 275 g/mol. The van der Waals surface area contributed by atoms with Crippen LogP contribution in [0.3, 0.4) is 0 Å². The van der Waals surface area contributed by atoms with E-state index in [1.807, 2.05) is 6.07 Å². The van der Waals surface area contributed by atoms with Crippen LogP contribution in [0.1, 0.15) is 47.8 Å². The molecular formula is C16H21NO3. The molecule has 0 bridgehead atoms. The standard InChI is InChI=1S/C16H21NO3/c1-10(2)15-11(3)17(7-4-8-18)14-6-5-12(16(19)20)9-13(14)15/h5-6,9-10,18H,4,7-8H2,1-3H3,(H,19,20). The second-order valence-corrected chi connectivity index (χ2v) is 5.42. The molecule has 108 valence electrons. The monoisotopic (exact) mass is 275 g/mol. The molecule has 0 spiro atoms. The number of carboxylic acids is 1. The molecule has 0 fully saturated rings. The van der Waals surface area contributed by atoms with Crippen LogP contribution in [0.15, 0.2) is 18.2 Å². The highest BCUT2D eigenvalue weighted by atomic mass is 16.4. The summed E-state index contributed by atoms with van der Waals surface area (Å²) in [5.74, 6) is -0.570. The van der Waals surface area contributed by atoms with Crippen LogP contribution in [0.2, 0.25) is 0 Å². The zero-order chi connectivity index (χ0) is 14.9. The normalized spacial score (nSPS) is 11.4. The van der Waals surface area contributed by atoms with Crippen molar-refractivity contribution in [3.8, 4) is 0 Å². The summed E-state index contributed by atoms with van der Waals surface area (Å²) >= 11 is 0. The summed E-state index contributed by atoms with van der Waals surface area (Å²) in [6.45, 7) is 7.20. The molecule has 20 heavy (non-hydrogen) atoms. The zero-order valence-electron chi connectivity index (χ0n) is 12.2. The van der Waals surface area contributed by atoms with Gasteiger partial charge in [-0.1, -0.05) is 13.8 Å². The van der Waals surface area contributed by atoms with Gasteiger partial charge < -0.3 is 14.8 Å². The Morgan fingerprint density at radius 2 is 2.05 bits per heavy atom. The number of carbonyl (C=O) groups is 1. The molecule has 0 aliphatic heterocycles. The summed E-state index contributed by atoms with van der Waals surface area (Å²) in [4.78, 5) is 11.1. The maximum absolute atomic E-state index is 11.1. The van der Waals surface area contributed by atoms with Gasteiger partial charge in [0.25, 0.3) is 0 Å². The first-order valence-corrected chi connectivity index (χ1v) is 6.94. The number of aliphatic hydroxyl groups excluding tert-OH is 1. The lowest BCUT2D eigenvalue weighted by atomic mass is 9.99. The van der Waals surface area contributed by atoms with Crippen LogP contribution >= 0.6 is 0 Å². The van der Waals surface area contributed by atoms with Crippen molar-refractivity contribution in [2.45, 2.75) is 39.7 Å². The number of aromatic carboxylic acids is 1. The van der Waals surface area contributed by atoms with Crippen molar-refractivity contribution >= 4 is 16.9 Å². The highest BCUT2D eigenvalue weighted by molar-refractivity contribution is 5.95. The van der Waals surface area contributed by atoms with Gasteiger partial charge in [0.1, 0.15) is 0 Å². The summed E-state index contributed by atoms with van der Waals surface area (Å²) < 4.78 is 2.17. The van der Waals surface area contributed by atoms with Crippen LogP contribution in [0.5, 0.6) is 0 Å². The Hall–Kier alpha value is -1.81. The average Bonchev–Trinajstić information content (AvgIpc) is 2.67. The van der Waals surface area contributed by atoms with Crippen molar-refractivity contribution in [2.75, 3.05) is 6.61 Å². The van der Waals surface area contributed by atoms with E-state index >= 15 is 0 Å². The quantitative estimate of drug-likeness (QED) is 0.881. The predicted molar refractivity (Wildman–Crippen MR) is 79.4 cm³/mol. The Bertz CT molecular complexity index is 641. The molecule has 0 aliphatic carbocycles. The third kappa shape index (κ3) is 2.43. The SMILES string of the molecule is Cc1c(C(C)C)c2cc(C(=O)O)ccc2n1CCCO. The molecule has 0 atom stereocenters. The fourth-order valence-electron chi connectivity index (χ4n) is 2.89. The summed E-state index contributed by atoms with van der Waals surface area (Å²) in [7, 11) is 0. The molecule has 2 N–H and O–H groups in total. The lowest BCUT2D eigenvalue weighted by molar-refractivity contribution is 0.0697. The van der Waals surface area contributed by atoms with Crippen LogP contribution in [0.25, 0.3) is 10.9 Å². The number of aryl methyl sites for hydroxylation is 1. The van der Waals surface area contributed by atoms with E-state index in [9.17, 15) is 4.79 Å². The molecule has 0 amide bonds. The molecule has 1 aromatic heterocycles. The van der Waals surface area contributed by atoms with Crippen LogP contribution < -0.4 is 0 Å². The van der Waals surface area contributed by atoms with E-state index < -0.39 is 5.97 Å². The molecule has 0 saturated heterocycles. The van der Waals surface area contributed by atoms with E-state index in [0.717, 1.165) is 23.1 Å². The van der Waals surface area contributed by atoms with Crippen molar-refractivity contribution in [3.63, 3.8) is 0 Å². The zero-order valence-corrected chi connectivity index (χ0v) is 12.2. The van der Waals surface area contributed by atoms with E-state index in [1.165, 1.54) is 5.56 Å². The topological polar surface area (TPSA) is 62.5 Å². The molecule has 4 nitrogen and oxygen atoms in total. The number of hydrogen-bond acceptors (Lipinski definition) is 2. The van der Waals surface area contributed by atoms with Gasteiger partial charge in [-0.05, 0) is 43.0 Å². The van der Waals surface area contributed by atoms with Gasteiger partial charge in [-0.25, -0.2) is 4.79 Å². The van der Waals surface area contributed by atoms with Crippen LogP contribution in [-0.2, 0) is 6.54 Å². The Labute approximate surface area is 118 Å². The van der Waals surface area contributed by atoms with Gasteiger partial charge in [0.15, 0.2) is 0 Å². The highest BCUT2D eigenvalue weighted by Crippen LogP contribution is 2.32. The van der Waals surface area contributed by atoms with Gasteiger partial charge >= 0.3 is 5.97 Å². The van der Waals surface area contributed by atoms with Crippen molar-refractivity contribution < 1.29 is 15.0 Å². The Kier molecular flexibility index (Phi) is 4.14. The van der Waals surface area contributed by atoms with E-state index in [0.29, 0.717) is 17.9 Å². The molecular weight excluding hydrogens is 254 g/mol. The Balaban J connectivity index is 2.69. The molecule has 2 rings (SSSR count). The Morgan fingerprint density at radius 1 is 1.35 bits per heavy atom. The number of aliphatic hydroxyl groups is 1. The van der Waals surface area contributed by atoms with E-state index in [2.05, 4.69) is 25.3 Å². The van der Waals surface area contributed by atoms with Crippen molar-refractivity contribution in [1.82, 2.24) is 4.57 Å². The van der Waals surface area contributed by atoms with E-state index in [-0.39, 0.29) is 6.61 Å². The van der Waals surface area contributed by atoms with Crippen LogP contribution in [0, 0.1) is 6.92 Å². The van der Waals surface area contributed by atoms with Gasteiger partial charge in [-0.15, -0.1) is 0 Å². The van der Waals surface area contributed by atoms with Gasteiger partial charge in [0.2, 0.25) is 0 Å². The first-order chi connectivity index (χ1) is 9.47. The number of carboxylic acid groups (broad SMARTS) is 1. The third-order valence-electron chi connectivity index (χ3n) is 3.74. The number of fused-ring (bicyclic) bond motifs is 1. The van der Waals surface area contributed by atoms with E-state index in [4.69, 9.17) is 10.2 Å². The molecule has 2 aromatic rings. The minimum atomic E-state index is -0.901. The number of aromatic nitrogens is 1. The number of rotatable bonds is 5. The van der Waals surface area contributed by atoms with E-state index in [1.54, 1.807) is 12.1 Å². The molecule has 0 unspecified atom stereocenters. The number of nitrogens with zero attached hydrogens (tertiary/aromatic N) is 1. The maximum Gasteiger partial charge on any atom is 0.335 e. The second kappa shape index (κ2) is 5.67. The summed E-state index contributed by atoms with van der Waals surface area (Å²) in [6, 6.07) is 5.27. The fourth-order valence-corrected chi connectivity index (χ4v) is 2.89. The van der Waals surface area contributed by atoms with Gasteiger partial charge in [-0.2, -0.15) is 0 Å². The molecule has 4 heteroatoms. The van der Waals surface area contributed by atoms with Crippen molar-refractivity contribution in [3.05, 3.63) is 35.0 Å². The number of benzene rings is 1. The maximum atomic E-state index is 11.1. The summed E-state index contributed by atoms with van der Waals surface area (Å²) in [5, 5.41) is 19.2. The minimum absolute atomic E-state index is 0.156. The molecule has 1 aromatic carbocycles. The number of hydrogen-bond donors (Lipinski definition) is 2. The summed E-state index contributed by atoms with van der Waals surface area (Å²) in [6.07, 6.45) is 0.697. The summed E-state index contributed by atoms with van der Waals surface area (Å²) in [5.41, 5.74) is 3.72. The lowest BCUT2D eigenvalue weighted by Crippen LogP contribution is -2.03. The second-order valence-electron chi connectivity index (χ2n) is 5.42. The van der Waals surface area contributed by atoms with Crippen LogP contribution in [-0.4, -0.2) is 27.4 Å². The minimum Gasteiger partial charge on any atom is -0.478 e. The van der Waals surface area contributed by atoms with Crippen molar-refractivity contribution in [1.29, 1.82) is 0 Å². The van der Waals surface area contributed by atoms with Gasteiger partial charge in [0.05, 0.1) is 5.56 Å². The smallest absolute Gasteiger partial charge is 0.335 e.